The third-order valence-electron chi connectivity index (χ3n) is 2.61. The van der Waals surface area contributed by atoms with E-state index in [1.165, 1.54) is 0 Å². The Hall–Kier alpha value is -1.75. The van der Waals surface area contributed by atoms with E-state index in [2.05, 4.69) is 21.2 Å². The molecule has 1 N–H and O–H groups in total. The number of rotatable bonds is 4. The number of amides is 1. The number of nitrogens with one attached hydrogen (secondary N) is 1. The maximum Gasteiger partial charge on any atom is 0.253 e. The molecule has 0 radical (unpaired) electrons. The molecule has 0 spiro atoms. The van der Waals surface area contributed by atoms with Crippen molar-refractivity contribution in [2.24, 2.45) is 0 Å². The fraction of sp³-hybridized carbons (Fsp3) is 0.214. The Balaban J connectivity index is 2.05. The molecule has 5 heteroatoms. The second kappa shape index (κ2) is 5.93. The Morgan fingerprint density at radius 2 is 2.11 bits per heavy atom. The highest BCUT2D eigenvalue weighted by Gasteiger charge is 2.08. The van der Waals surface area contributed by atoms with Crippen molar-refractivity contribution in [3.63, 3.8) is 0 Å². The van der Waals surface area contributed by atoms with Crippen molar-refractivity contribution in [1.82, 2.24) is 4.90 Å². The Morgan fingerprint density at radius 3 is 2.74 bits per heavy atom. The fourth-order valence-corrected chi connectivity index (χ4v) is 2.00. The number of furan rings is 1. The van der Waals surface area contributed by atoms with Crippen LogP contribution in [0, 0.1) is 0 Å². The van der Waals surface area contributed by atoms with Gasteiger partial charge in [0.2, 0.25) is 0 Å². The van der Waals surface area contributed by atoms with Gasteiger partial charge >= 0.3 is 0 Å². The summed E-state index contributed by atoms with van der Waals surface area (Å²) in [6.45, 7) is 0.575. The number of hydrogen-bond donors (Lipinski definition) is 1. The summed E-state index contributed by atoms with van der Waals surface area (Å²) in [5, 5.41) is 3.22. The monoisotopic (exact) mass is 322 g/mol. The van der Waals surface area contributed by atoms with Crippen molar-refractivity contribution in [3.8, 4) is 0 Å². The van der Waals surface area contributed by atoms with E-state index < -0.39 is 0 Å². The first-order chi connectivity index (χ1) is 9.06. The normalized spacial score (nSPS) is 10.3. The van der Waals surface area contributed by atoms with E-state index in [9.17, 15) is 4.79 Å². The molecular formula is C14H15BrN2O2. The molecule has 1 aromatic carbocycles. The zero-order chi connectivity index (χ0) is 13.8. The van der Waals surface area contributed by atoms with Crippen LogP contribution >= 0.6 is 15.9 Å². The van der Waals surface area contributed by atoms with E-state index in [1.54, 1.807) is 25.1 Å². The number of benzene rings is 1. The van der Waals surface area contributed by atoms with Crippen LogP contribution in [0.25, 0.3) is 0 Å². The zero-order valence-corrected chi connectivity index (χ0v) is 12.4. The number of nitrogens with zero attached hydrogens (tertiary/aromatic N) is 1. The Kier molecular flexibility index (Phi) is 4.27. The molecule has 0 aliphatic rings. The minimum absolute atomic E-state index is 0.00982. The molecule has 0 saturated heterocycles. The lowest BCUT2D eigenvalue weighted by atomic mass is 10.2. The topological polar surface area (TPSA) is 45.5 Å². The van der Waals surface area contributed by atoms with Crippen LogP contribution in [0.1, 0.15) is 16.1 Å². The van der Waals surface area contributed by atoms with Gasteiger partial charge in [-0.25, -0.2) is 0 Å². The summed E-state index contributed by atoms with van der Waals surface area (Å²) in [6, 6.07) is 11.2. The van der Waals surface area contributed by atoms with Crippen LogP contribution in [0.2, 0.25) is 0 Å². The van der Waals surface area contributed by atoms with Crippen molar-refractivity contribution in [2.45, 2.75) is 6.54 Å². The molecule has 0 aliphatic carbocycles. The minimum atomic E-state index is -0.00982. The van der Waals surface area contributed by atoms with Gasteiger partial charge in [-0.3, -0.25) is 4.79 Å². The van der Waals surface area contributed by atoms with Crippen LogP contribution in [0.4, 0.5) is 5.69 Å². The maximum absolute atomic E-state index is 11.8. The largest absolute Gasteiger partial charge is 0.452 e. The van der Waals surface area contributed by atoms with Crippen molar-refractivity contribution < 1.29 is 9.21 Å². The molecule has 0 atom stereocenters. The van der Waals surface area contributed by atoms with Gasteiger partial charge in [0, 0.05) is 25.3 Å². The summed E-state index contributed by atoms with van der Waals surface area (Å²) in [5.41, 5.74) is 1.55. The van der Waals surface area contributed by atoms with Crippen LogP contribution in [-0.4, -0.2) is 24.9 Å². The molecule has 2 rings (SSSR count). The molecular weight excluding hydrogens is 308 g/mol. The predicted octanol–water partition coefficient (Wildman–Crippen LogP) is 3.36. The lowest BCUT2D eigenvalue weighted by Crippen LogP contribution is -2.21. The molecule has 1 heterocycles. The molecule has 0 bridgehead atoms. The summed E-state index contributed by atoms with van der Waals surface area (Å²) in [7, 11) is 3.48. The van der Waals surface area contributed by atoms with E-state index >= 15 is 0 Å². The Bertz CT molecular complexity index is 578. The highest BCUT2D eigenvalue weighted by Crippen LogP contribution is 2.17. The van der Waals surface area contributed by atoms with Crippen LogP contribution in [0.5, 0.6) is 0 Å². The van der Waals surface area contributed by atoms with Crippen molar-refractivity contribution >= 4 is 27.5 Å². The van der Waals surface area contributed by atoms with Gasteiger partial charge in [0.1, 0.15) is 5.76 Å². The number of halogens is 1. The molecule has 0 saturated carbocycles. The van der Waals surface area contributed by atoms with E-state index in [0.29, 0.717) is 16.8 Å². The van der Waals surface area contributed by atoms with Crippen molar-refractivity contribution in [2.75, 3.05) is 19.4 Å². The Morgan fingerprint density at radius 1 is 1.32 bits per heavy atom. The van der Waals surface area contributed by atoms with Gasteiger partial charge in [-0.2, -0.15) is 0 Å². The van der Waals surface area contributed by atoms with Crippen molar-refractivity contribution in [1.29, 1.82) is 0 Å². The van der Waals surface area contributed by atoms with Gasteiger partial charge in [0.05, 0.1) is 6.54 Å². The number of anilines is 1. The predicted molar refractivity (Wildman–Crippen MR) is 78.2 cm³/mol. The lowest BCUT2D eigenvalue weighted by molar-refractivity contribution is 0.0827. The van der Waals surface area contributed by atoms with Crippen LogP contribution in [0.3, 0.4) is 0 Å². The average molecular weight is 323 g/mol. The van der Waals surface area contributed by atoms with Gasteiger partial charge in [-0.1, -0.05) is 6.07 Å². The van der Waals surface area contributed by atoms with Gasteiger partial charge in [0.25, 0.3) is 5.91 Å². The summed E-state index contributed by atoms with van der Waals surface area (Å²) in [5.74, 6) is 0.820. The van der Waals surface area contributed by atoms with Gasteiger partial charge in [-0.05, 0) is 46.3 Å². The Labute approximate surface area is 120 Å². The second-order valence-electron chi connectivity index (χ2n) is 4.34. The highest BCUT2D eigenvalue weighted by atomic mass is 79.9. The molecule has 100 valence electrons. The van der Waals surface area contributed by atoms with Crippen LogP contribution in [-0.2, 0) is 6.54 Å². The summed E-state index contributed by atoms with van der Waals surface area (Å²) >= 11 is 3.26. The molecule has 2 aromatic rings. The number of carbonyl (C=O) groups is 1. The summed E-state index contributed by atoms with van der Waals surface area (Å²) in [6.07, 6.45) is 0. The maximum atomic E-state index is 11.8. The molecule has 19 heavy (non-hydrogen) atoms. The first-order valence-corrected chi connectivity index (χ1v) is 6.65. The van der Waals surface area contributed by atoms with Gasteiger partial charge in [-0.15, -0.1) is 0 Å². The lowest BCUT2D eigenvalue weighted by Gasteiger charge is -2.11. The fourth-order valence-electron chi connectivity index (χ4n) is 1.66. The van der Waals surface area contributed by atoms with Crippen LogP contribution < -0.4 is 5.32 Å². The van der Waals surface area contributed by atoms with E-state index in [0.717, 1.165) is 11.4 Å². The smallest absolute Gasteiger partial charge is 0.253 e. The van der Waals surface area contributed by atoms with Crippen LogP contribution in [0.15, 0.2) is 45.5 Å². The molecule has 1 aromatic heterocycles. The van der Waals surface area contributed by atoms with Gasteiger partial charge < -0.3 is 14.6 Å². The molecule has 0 unspecified atom stereocenters. The SMILES string of the molecule is CN(C)C(=O)c1cccc(NCc2ccc(Br)o2)c1. The molecule has 4 nitrogen and oxygen atoms in total. The first-order valence-electron chi connectivity index (χ1n) is 5.86. The number of carbonyl (C=O) groups excluding carboxylic acids is 1. The van der Waals surface area contributed by atoms with E-state index in [-0.39, 0.29) is 5.91 Å². The highest BCUT2D eigenvalue weighted by molar-refractivity contribution is 9.10. The first kappa shape index (κ1) is 13.7. The molecule has 0 fully saturated rings. The number of hydrogen-bond acceptors (Lipinski definition) is 3. The standard InChI is InChI=1S/C14H15BrN2O2/c1-17(2)14(18)10-4-3-5-11(8-10)16-9-12-6-7-13(15)19-12/h3-8,16H,9H2,1-2H3. The average Bonchev–Trinajstić information content (AvgIpc) is 2.81. The minimum Gasteiger partial charge on any atom is -0.452 e. The summed E-state index contributed by atoms with van der Waals surface area (Å²) < 4.78 is 6.11. The zero-order valence-electron chi connectivity index (χ0n) is 10.8. The third kappa shape index (κ3) is 3.61. The quantitative estimate of drug-likeness (QED) is 0.938. The van der Waals surface area contributed by atoms with Gasteiger partial charge in [0.15, 0.2) is 4.67 Å². The third-order valence-corrected chi connectivity index (χ3v) is 3.04. The molecule has 0 aliphatic heterocycles. The summed E-state index contributed by atoms with van der Waals surface area (Å²) in [4.78, 5) is 13.4. The second-order valence-corrected chi connectivity index (χ2v) is 5.12. The van der Waals surface area contributed by atoms with Crippen molar-refractivity contribution in [3.05, 3.63) is 52.4 Å². The van der Waals surface area contributed by atoms with E-state index in [1.807, 2.05) is 30.3 Å². The van der Waals surface area contributed by atoms with E-state index in [4.69, 9.17) is 4.42 Å². The molecule has 1 amide bonds.